The molecule has 1 unspecified atom stereocenters. The SMILES string of the molecule is Cc1cc(C(C)(C)C)ccc1NCCC1CCNC1. The molecule has 2 heteroatoms. The van der Waals surface area contributed by atoms with Crippen LogP contribution in [0.5, 0.6) is 0 Å². The lowest BCUT2D eigenvalue weighted by atomic mass is 9.86. The van der Waals surface area contributed by atoms with Gasteiger partial charge in [0.15, 0.2) is 0 Å². The molecule has 1 aliphatic rings. The molecule has 0 bridgehead atoms. The van der Waals surface area contributed by atoms with E-state index in [9.17, 15) is 0 Å². The molecular formula is C17H28N2. The van der Waals surface area contributed by atoms with Crippen LogP contribution in [0.15, 0.2) is 18.2 Å². The van der Waals surface area contributed by atoms with Crippen molar-refractivity contribution in [3.05, 3.63) is 29.3 Å². The molecule has 19 heavy (non-hydrogen) atoms. The Morgan fingerprint density at radius 3 is 2.68 bits per heavy atom. The van der Waals surface area contributed by atoms with Crippen molar-refractivity contribution in [1.82, 2.24) is 5.32 Å². The predicted octanol–water partition coefficient (Wildman–Crippen LogP) is 3.70. The molecule has 1 aromatic rings. The molecule has 1 aliphatic heterocycles. The zero-order valence-corrected chi connectivity index (χ0v) is 12.8. The third kappa shape index (κ3) is 3.97. The Bertz CT molecular complexity index is 412. The van der Waals surface area contributed by atoms with E-state index in [1.165, 1.54) is 42.7 Å². The van der Waals surface area contributed by atoms with Gasteiger partial charge in [-0.15, -0.1) is 0 Å². The fraction of sp³-hybridized carbons (Fsp3) is 0.647. The molecule has 2 rings (SSSR count). The fourth-order valence-corrected chi connectivity index (χ4v) is 2.70. The standard InChI is InChI=1S/C17H28N2/c1-13-11-15(17(2,3)4)5-6-16(13)19-10-8-14-7-9-18-12-14/h5-6,11,14,18-19H,7-10,12H2,1-4H3. The molecule has 0 aliphatic carbocycles. The van der Waals surface area contributed by atoms with Crippen molar-refractivity contribution in [2.45, 2.75) is 46.0 Å². The Labute approximate surface area is 118 Å². The van der Waals surface area contributed by atoms with Gasteiger partial charge in [-0.05, 0) is 61.4 Å². The maximum Gasteiger partial charge on any atom is 0.0370 e. The summed E-state index contributed by atoms with van der Waals surface area (Å²) in [4.78, 5) is 0. The Kier molecular flexibility index (Phi) is 4.51. The lowest BCUT2D eigenvalue weighted by Gasteiger charge is -2.21. The monoisotopic (exact) mass is 260 g/mol. The highest BCUT2D eigenvalue weighted by atomic mass is 14.9. The summed E-state index contributed by atoms with van der Waals surface area (Å²) < 4.78 is 0. The van der Waals surface area contributed by atoms with Crippen molar-refractivity contribution in [2.75, 3.05) is 25.0 Å². The number of benzene rings is 1. The third-order valence-electron chi connectivity index (χ3n) is 4.12. The number of aryl methyl sites for hydroxylation is 1. The molecule has 0 amide bonds. The average Bonchev–Trinajstić information content (AvgIpc) is 2.83. The van der Waals surface area contributed by atoms with Crippen LogP contribution in [-0.2, 0) is 5.41 Å². The van der Waals surface area contributed by atoms with E-state index in [2.05, 4.69) is 56.5 Å². The van der Waals surface area contributed by atoms with Crippen LogP contribution in [-0.4, -0.2) is 19.6 Å². The van der Waals surface area contributed by atoms with Gasteiger partial charge in [0.2, 0.25) is 0 Å². The van der Waals surface area contributed by atoms with Crippen molar-refractivity contribution in [3.8, 4) is 0 Å². The van der Waals surface area contributed by atoms with Crippen LogP contribution in [0.25, 0.3) is 0 Å². The summed E-state index contributed by atoms with van der Waals surface area (Å²) in [6.45, 7) is 12.5. The maximum absolute atomic E-state index is 3.59. The number of hydrogen-bond donors (Lipinski definition) is 2. The van der Waals surface area contributed by atoms with E-state index in [1.807, 2.05) is 0 Å². The van der Waals surface area contributed by atoms with Crippen LogP contribution >= 0.6 is 0 Å². The largest absolute Gasteiger partial charge is 0.385 e. The first-order valence-corrected chi connectivity index (χ1v) is 7.52. The first-order chi connectivity index (χ1) is 8.97. The van der Waals surface area contributed by atoms with E-state index in [0.29, 0.717) is 0 Å². The molecule has 106 valence electrons. The van der Waals surface area contributed by atoms with Crippen LogP contribution in [0.1, 0.15) is 44.7 Å². The zero-order valence-electron chi connectivity index (χ0n) is 12.8. The summed E-state index contributed by atoms with van der Waals surface area (Å²) >= 11 is 0. The first kappa shape index (κ1) is 14.4. The van der Waals surface area contributed by atoms with Crippen molar-refractivity contribution in [3.63, 3.8) is 0 Å². The summed E-state index contributed by atoms with van der Waals surface area (Å²) in [5.74, 6) is 0.863. The Hall–Kier alpha value is -1.02. The van der Waals surface area contributed by atoms with Gasteiger partial charge in [-0.3, -0.25) is 0 Å². The second kappa shape index (κ2) is 5.96. The summed E-state index contributed by atoms with van der Waals surface area (Å²) in [6.07, 6.45) is 2.61. The average molecular weight is 260 g/mol. The van der Waals surface area contributed by atoms with E-state index in [0.717, 1.165) is 12.5 Å². The molecule has 0 radical (unpaired) electrons. The minimum Gasteiger partial charge on any atom is -0.385 e. The quantitative estimate of drug-likeness (QED) is 0.862. The minimum atomic E-state index is 0.235. The van der Waals surface area contributed by atoms with Gasteiger partial charge in [0, 0.05) is 12.2 Å². The van der Waals surface area contributed by atoms with Gasteiger partial charge in [0.1, 0.15) is 0 Å². The van der Waals surface area contributed by atoms with Crippen LogP contribution < -0.4 is 10.6 Å². The predicted molar refractivity (Wildman–Crippen MR) is 84.0 cm³/mol. The van der Waals surface area contributed by atoms with E-state index in [4.69, 9.17) is 0 Å². The minimum absolute atomic E-state index is 0.235. The zero-order chi connectivity index (χ0) is 13.9. The van der Waals surface area contributed by atoms with E-state index < -0.39 is 0 Å². The van der Waals surface area contributed by atoms with Gasteiger partial charge in [0.05, 0.1) is 0 Å². The van der Waals surface area contributed by atoms with Crippen LogP contribution in [0, 0.1) is 12.8 Å². The number of nitrogens with one attached hydrogen (secondary N) is 2. The van der Waals surface area contributed by atoms with Gasteiger partial charge in [-0.2, -0.15) is 0 Å². The summed E-state index contributed by atoms with van der Waals surface area (Å²) in [7, 11) is 0. The van der Waals surface area contributed by atoms with Crippen LogP contribution in [0.4, 0.5) is 5.69 Å². The summed E-state index contributed by atoms with van der Waals surface area (Å²) in [5.41, 5.74) is 4.30. The normalized spacial score (nSPS) is 19.7. The highest BCUT2D eigenvalue weighted by Crippen LogP contribution is 2.26. The topological polar surface area (TPSA) is 24.1 Å². The van der Waals surface area contributed by atoms with Crippen LogP contribution in [0.2, 0.25) is 0 Å². The molecule has 1 heterocycles. The molecule has 0 saturated carbocycles. The Balaban J connectivity index is 1.90. The third-order valence-corrected chi connectivity index (χ3v) is 4.12. The van der Waals surface area contributed by atoms with Crippen molar-refractivity contribution in [1.29, 1.82) is 0 Å². The Morgan fingerprint density at radius 1 is 1.32 bits per heavy atom. The molecule has 0 spiro atoms. The molecular weight excluding hydrogens is 232 g/mol. The smallest absolute Gasteiger partial charge is 0.0370 e. The number of rotatable bonds is 4. The summed E-state index contributed by atoms with van der Waals surface area (Å²) in [5, 5.41) is 7.02. The molecule has 1 fully saturated rings. The number of anilines is 1. The second-order valence-electron chi connectivity index (χ2n) is 6.85. The molecule has 1 saturated heterocycles. The van der Waals surface area contributed by atoms with Crippen molar-refractivity contribution >= 4 is 5.69 Å². The van der Waals surface area contributed by atoms with Gasteiger partial charge in [-0.1, -0.05) is 32.9 Å². The van der Waals surface area contributed by atoms with E-state index >= 15 is 0 Å². The van der Waals surface area contributed by atoms with E-state index in [1.54, 1.807) is 0 Å². The molecule has 2 N–H and O–H groups in total. The maximum atomic E-state index is 3.59. The van der Waals surface area contributed by atoms with Gasteiger partial charge in [0.25, 0.3) is 0 Å². The molecule has 2 nitrogen and oxygen atoms in total. The lowest BCUT2D eigenvalue weighted by Crippen LogP contribution is -2.14. The van der Waals surface area contributed by atoms with Crippen molar-refractivity contribution < 1.29 is 0 Å². The lowest BCUT2D eigenvalue weighted by molar-refractivity contribution is 0.549. The molecule has 1 aromatic carbocycles. The van der Waals surface area contributed by atoms with Gasteiger partial charge < -0.3 is 10.6 Å². The van der Waals surface area contributed by atoms with Gasteiger partial charge >= 0.3 is 0 Å². The highest BCUT2D eigenvalue weighted by Gasteiger charge is 2.15. The van der Waals surface area contributed by atoms with Crippen LogP contribution in [0.3, 0.4) is 0 Å². The Morgan fingerprint density at radius 2 is 2.11 bits per heavy atom. The molecule has 1 atom stereocenters. The highest BCUT2D eigenvalue weighted by molar-refractivity contribution is 5.52. The second-order valence-corrected chi connectivity index (χ2v) is 6.85. The van der Waals surface area contributed by atoms with Gasteiger partial charge in [-0.25, -0.2) is 0 Å². The molecule has 0 aromatic heterocycles. The van der Waals surface area contributed by atoms with E-state index in [-0.39, 0.29) is 5.41 Å². The summed E-state index contributed by atoms with van der Waals surface area (Å²) in [6, 6.07) is 6.81. The fourth-order valence-electron chi connectivity index (χ4n) is 2.70. The van der Waals surface area contributed by atoms with Crippen molar-refractivity contribution in [2.24, 2.45) is 5.92 Å². The first-order valence-electron chi connectivity index (χ1n) is 7.52. The number of hydrogen-bond acceptors (Lipinski definition) is 2.